The van der Waals surface area contributed by atoms with Crippen LogP contribution >= 0.6 is 23.5 Å². The van der Waals surface area contributed by atoms with E-state index in [0.717, 1.165) is 17.9 Å². The summed E-state index contributed by atoms with van der Waals surface area (Å²) in [5.74, 6) is 0.921. The summed E-state index contributed by atoms with van der Waals surface area (Å²) >= 11 is 3.60. The molecule has 1 aliphatic carbocycles. The predicted octanol–water partition coefficient (Wildman–Crippen LogP) is 5.45. The average Bonchev–Trinajstić information content (AvgIpc) is 3.32. The van der Waals surface area contributed by atoms with Gasteiger partial charge in [0.25, 0.3) is 0 Å². The number of aliphatic hydroxyl groups is 1. The Labute approximate surface area is 256 Å². The topological polar surface area (TPSA) is 92.7 Å². The fourth-order valence-corrected chi connectivity index (χ4v) is 11.8. The Morgan fingerprint density at radius 1 is 1.12 bits per heavy atom. The van der Waals surface area contributed by atoms with E-state index in [2.05, 4.69) is 46.0 Å². The van der Waals surface area contributed by atoms with E-state index in [1.54, 1.807) is 37.7 Å². The van der Waals surface area contributed by atoms with Crippen LogP contribution in [0.4, 0.5) is 0 Å². The molecule has 8 nitrogen and oxygen atoms in total. The van der Waals surface area contributed by atoms with E-state index in [0.29, 0.717) is 19.6 Å². The third-order valence-corrected chi connectivity index (χ3v) is 18.5. The predicted molar refractivity (Wildman–Crippen MR) is 166 cm³/mol. The van der Waals surface area contributed by atoms with Gasteiger partial charge < -0.3 is 33.2 Å². The molecule has 0 amide bonds. The number of hydrogen-bond acceptors (Lipinski definition) is 10. The van der Waals surface area contributed by atoms with Gasteiger partial charge in [0, 0.05) is 45.0 Å². The highest BCUT2D eigenvalue weighted by atomic mass is 32.2. The Morgan fingerprint density at radius 2 is 1.80 bits per heavy atom. The highest BCUT2D eigenvalue weighted by Gasteiger charge is 2.69. The molecule has 0 aromatic rings. The molecular formula is C30H52O8S2Si. The van der Waals surface area contributed by atoms with E-state index in [9.17, 15) is 9.90 Å². The van der Waals surface area contributed by atoms with Crippen molar-refractivity contribution in [1.82, 2.24) is 0 Å². The van der Waals surface area contributed by atoms with Crippen LogP contribution in [-0.2, 0) is 32.9 Å². The maximum atomic E-state index is 13.4. The minimum atomic E-state index is -1.98. The van der Waals surface area contributed by atoms with Crippen molar-refractivity contribution in [3.05, 3.63) is 12.2 Å². The lowest BCUT2D eigenvalue weighted by Gasteiger charge is -2.62. The zero-order valence-electron chi connectivity index (χ0n) is 26.4. The van der Waals surface area contributed by atoms with Crippen LogP contribution in [0.15, 0.2) is 12.2 Å². The van der Waals surface area contributed by atoms with E-state index >= 15 is 0 Å². The smallest absolute Gasteiger partial charge is 0.306 e. The van der Waals surface area contributed by atoms with Crippen LogP contribution in [0, 0.1) is 23.7 Å². The van der Waals surface area contributed by atoms with Crippen LogP contribution in [0.3, 0.4) is 0 Å². The van der Waals surface area contributed by atoms with Crippen molar-refractivity contribution in [2.75, 3.05) is 45.7 Å². The fraction of sp³-hybridized carbons (Fsp3) is 0.900. The lowest BCUT2D eigenvalue weighted by Crippen LogP contribution is -2.71. The molecule has 4 rings (SSSR count). The average molecular weight is 633 g/mol. The molecule has 3 fully saturated rings. The highest BCUT2D eigenvalue weighted by molar-refractivity contribution is 8.19. The number of thioether (sulfide) groups is 2. The van der Waals surface area contributed by atoms with Crippen LogP contribution < -0.4 is 0 Å². The van der Waals surface area contributed by atoms with Crippen molar-refractivity contribution in [3.8, 4) is 0 Å². The van der Waals surface area contributed by atoms with E-state index in [-0.39, 0.29) is 48.1 Å². The maximum absolute atomic E-state index is 13.4. The number of ether oxygens (including phenoxy) is 5. The van der Waals surface area contributed by atoms with Crippen LogP contribution in [0.1, 0.15) is 53.9 Å². The molecule has 7 atom stereocenters. The van der Waals surface area contributed by atoms with E-state index in [1.807, 2.05) is 13.8 Å². The number of hydrogen-bond donors (Lipinski definition) is 1. The number of carbonyl (C=O) groups excluding carboxylic acids is 1. The molecule has 236 valence electrons. The lowest BCUT2D eigenvalue weighted by atomic mass is 9.65. The Kier molecular flexibility index (Phi) is 10.5. The monoisotopic (exact) mass is 632 g/mol. The zero-order valence-corrected chi connectivity index (χ0v) is 29.0. The van der Waals surface area contributed by atoms with Gasteiger partial charge in [-0.25, -0.2) is 0 Å². The van der Waals surface area contributed by atoms with Gasteiger partial charge in [0.1, 0.15) is 18.5 Å². The third kappa shape index (κ3) is 6.36. The van der Waals surface area contributed by atoms with Gasteiger partial charge in [0.2, 0.25) is 0 Å². The van der Waals surface area contributed by atoms with Crippen LogP contribution in [-0.4, -0.2) is 92.8 Å². The highest BCUT2D eigenvalue weighted by Crippen LogP contribution is 2.64. The molecule has 41 heavy (non-hydrogen) atoms. The molecule has 0 aromatic heterocycles. The summed E-state index contributed by atoms with van der Waals surface area (Å²) in [5.41, 5.74) is -2.03. The second-order valence-corrected chi connectivity index (χ2v) is 21.7. The number of fused-ring (bicyclic) bond motifs is 1. The summed E-state index contributed by atoms with van der Waals surface area (Å²) in [7, 11) is 1.26. The summed E-state index contributed by atoms with van der Waals surface area (Å²) < 4.78 is 35.4. The zero-order chi connectivity index (χ0) is 30.3. The van der Waals surface area contributed by atoms with Gasteiger partial charge in [0.05, 0.1) is 28.6 Å². The molecule has 3 saturated heterocycles. The number of methoxy groups -OCH3 is 2. The summed E-state index contributed by atoms with van der Waals surface area (Å²) in [5, 5.41) is 13.2. The largest absolute Gasteiger partial charge is 0.461 e. The van der Waals surface area contributed by atoms with Gasteiger partial charge in [0.15, 0.2) is 14.6 Å². The number of rotatable bonds is 10. The molecule has 11 heteroatoms. The first kappa shape index (κ1) is 33.8. The van der Waals surface area contributed by atoms with Crippen LogP contribution in [0.2, 0.25) is 18.1 Å². The summed E-state index contributed by atoms with van der Waals surface area (Å²) in [6.45, 7) is 16.1. The normalized spacial score (nSPS) is 36.2. The molecule has 0 radical (unpaired) electrons. The standard InChI is InChI=1S/C30H52O8S2Si/c1-27(2,3)41(8,9)37-18-20-11-12-21-22(17-23(31)38-24(20)21)30(39-15-10-16-40-30)29(32)13-14-35-26(36-19-33-6)25(29)28(4,5)34-7/h11-12,20-22,24-26,32H,10,13-19H2,1-9H3/t20-,21+,22+,24+,25-,26-,29-/m1/s1. The minimum absolute atomic E-state index is 0.00940. The van der Waals surface area contributed by atoms with Crippen molar-refractivity contribution in [1.29, 1.82) is 0 Å². The molecule has 0 unspecified atom stereocenters. The van der Waals surface area contributed by atoms with E-state index in [4.69, 9.17) is 28.1 Å². The van der Waals surface area contributed by atoms with Crippen LogP contribution in [0.25, 0.3) is 0 Å². The number of esters is 1. The molecule has 4 aliphatic rings. The van der Waals surface area contributed by atoms with Gasteiger partial charge in [-0.1, -0.05) is 32.9 Å². The van der Waals surface area contributed by atoms with E-state index < -0.39 is 35.8 Å². The summed E-state index contributed by atoms with van der Waals surface area (Å²) in [6, 6.07) is 0. The van der Waals surface area contributed by atoms with Crippen LogP contribution in [0.5, 0.6) is 0 Å². The fourth-order valence-electron chi connectivity index (χ4n) is 6.72. The lowest BCUT2D eigenvalue weighted by molar-refractivity contribution is -0.308. The quantitative estimate of drug-likeness (QED) is 0.145. The summed E-state index contributed by atoms with van der Waals surface area (Å²) in [4.78, 5) is 13.4. The Morgan fingerprint density at radius 3 is 2.41 bits per heavy atom. The van der Waals surface area contributed by atoms with Gasteiger partial charge in [-0.3, -0.25) is 4.79 Å². The van der Waals surface area contributed by atoms with Crippen molar-refractivity contribution in [3.63, 3.8) is 0 Å². The molecule has 0 aromatic carbocycles. The molecule has 1 N–H and O–H groups in total. The molecule has 3 heterocycles. The molecule has 3 aliphatic heterocycles. The minimum Gasteiger partial charge on any atom is -0.461 e. The Balaban J connectivity index is 1.71. The van der Waals surface area contributed by atoms with Crippen molar-refractivity contribution >= 4 is 37.8 Å². The molecule has 0 saturated carbocycles. The molecule has 0 spiro atoms. The molecular weight excluding hydrogens is 581 g/mol. The van der Waals surface area contributed by atoms with E-state index in [1.165, 1.54) is 0 Å². The Bertz CT molecular complexity index is 947. The number of carbonyl (C=O) groups is 1. The van der Waals surface area contributed by atoms with Crippen molar-refractivity contribution in [2.24, 2.45) is 23.7 Å². The maximum Gasteiger partial charge on any atom is 0.306 e. The molecule has 0 bridgehead atoms. The second-order valence-electron chi connectivity index (χ2n) is 14.0. The van der Waals surface area contributed by atoms with Gasteiger partial charge in [-0.2, -0.15) is 0 Å². The third-order valence-electron chi connectivity index (χ3n) is 10.1. The summed E-state index contributed by atoms with van der Waals surface area (Å²) in [6.07, 6.45) is 5.13. The van der Waals surface area contributed by atoms with Crippen molar-refractivity contribution in [2.45, 2.75) is 99.7 Å². The van der Waals surface area contributed by atoms with Gasteiger partial charge in [-0.15, -0.1) is 23.5 Å². The van der Waals surface area contributed by atoms with Gasteiger partial charge >= 0.3 is 5.97 Å². The second kappa shape index (κ2) is 12.7. The first-order chi connectivity index (χ1) is 19.1. The first-order valence-corrected chi connectivity index (χ1v) is 19.8. The SMILES string of the molecule is COCO[C@H]1OCC[C@](O)(C2([C@H]3CC(=O)O[C@@H]4[C@H]3C=C[C@@H]4CO[Si](C)(C)C(C)(C)C)SCCCS2)[C@H]1C(C)(C)OC. The van der Waals surface area contributed by atoms with Gasteiger partial charge in [-0.05, 0) is 49.9 Å². The Hall–Kier alpha value is -0.113. The first-order valence-electron chi connectivity index (χ1n) is 14.9. The van der Waals surface area contributed by atoms with Crippen molar-refractivity contribution < 1.29 is 38.0 Å².